The summed E-state index contributed by atoms with van der Waals surface area (Å²) in [7, 11) is 0. The minimum atomic E-state index is -1.35. The molecule has 0 aliphatic rings. The predicted octanol–water partition coefficient (Wildman–Crippen LogP) is -0.404. The van der Waals surface area contributed by atoms with E-state index in [9.17, 15) is 9.59 Å². The van der Waals surface area contributed by atoms with Crippen molar-refractivity contribution in [1.29, 1.82) is 0 Å². The van der Waals surface area contributed by atoms with E-state index in [4.69, 9.17) is 5.11 Å². The van der Waals surface area contributed by atoms with Crippen molar-refractivity contribution in [2.75, 3.05) is 0 Å². The van der Waals surface area contributed by atoms with Crippen LogP contribution in [0, 0.1) is 6.54 Å². The van der Waals surface area contributed by atoms with E-state index in [0.717, 1.165) is 0 Å². The topological polar surface area (TPSA) is 78.4 Å². The molecule has 1 amide bonds. The largest absolute Gasteiger partial charge is 0.478 e. The molecule has 0 aromatic heterocycles. The van der Waals surface area contributed by atoms with Gasteiger partial charge in [-0.3, -0.25) is 10.2 Å². The van der Waals surface area contributed by atoms with Gasteiger partial charge in [-0.05, 0) is 0 Å². The fourth-order valence-electron chi connectivity index (χ4n) is 0.339. The number of carboxylic acid groups (broad SMARTS) is 1. The molecular formula is C7H9N2O3. The van der Waals surface area contributed by atoms with Crippen molar-refractivity contribution in [3.8, 4) is 0 Å². The van der Waals surface area contributed by atoms with Crippen LogP contribution < -0.4 is 10.9 Å². The molecule has 0 spiro atoms. The first kappa shape index (κ1) is 10.4. The third-order valence-corrected chi connectivity index (χ3v) is 0.919. The first-order valence-electron chi connectivity index (χ1n) is 3.02. The maximum absolute atomic E-state index is 10.8. The summed E-state index contributed by atoms with van der Waals surface area (Å²) in [5.74, 6) is -2.14. The minimum absolute atomic E-state index is 0.528. The van der Waals surface area contributed by atoms with E-state index < -0.39 is 17.4 Å². The molecule has 0 saturated heterocycles. The summed E-state index contributed by atoms with van der Waals surface area (Å²) in [5, 5.41) is 8.29. The molecule has 0 aromatic rings. The summed E-state index contributed by atoms with van der Waals surface area (Å²) < 4.78 is 0. The van der Waals surface area contributed by atoms with Crippen LogP contribution in [0.25, 0.3) is 0 Å². The molecule has 0 aromatic carbocycles. The Bertz CT molecular complexity index is 223. The summed E-state index contributed by atoms with van der Waals surface area (Å²) in [5.41, 5.74) is 3.84. The Labute approximate surface area is 69.7 Å². The first-order valence-corrected chi connectivity index (χ1v) is 3.02. The van der Waals surface area contributed by atoms with Crippen LogP contribution in [0.15, 0.2) is 24.8 Å². The Morgan fingerprint density at radius 1 is 1.42 bits per heavy atom. The van der Waals surface area contributed by atoms with Crippen LogP contribution in [-0.2, 0) is 9.59 Å². The third-order valence-electron chi connectivity index (χ3n) is 0.919. The Balaban J connectivity index is 3.80. The van der Waals surface area contributed by atoms with Crippen LogP contribution in [0.1, 0.15) is 0 Å². The summed E-state index contributed by atoms with van der Waals surface area (Å²) in [6.07, 6.45) is 1.39. The van der Waals surface area contributed by atoms with Crippen molar-refractivity contribution in [3.05, 3.63) is 31.4 Å². The maximum atomic E-state index is 10.8. The number of hydrazine groups is 1. The fraction of sp³-hybridized carbons (Fsp3) is 0. The van der Waals surface area contributed by atoms with Crippen molar-refractivity contribution in [3.63, 3.8) is 0 Å². The Hall–Kier alpha value is -1.62. The Morgan fingerprint density at radius 2 is 2.00 bits per heavy atom. The molecule has 1 radical (unpaired) electrons. The Kier molecular flexibility index (Phi) is 4.40. The van der Waals surface area contributed by atoms with E-state index in [1.807, 2.05) is 0 Å². The van der Waals surface area contributed by atoms with Gasteiger partial charge in [0, 0.05) is 0 Å². The highest BCUT2D eigenvalue weighted by molar-refractivity contribution is 6.14. The van der Waals surface area contributed by atoms with Crippen LogP contribution in [0.3, 0.4) is 0 Å². The lowest BCUT2D eigenvalue weighted by Crippen LogP contribution is -2.37. The van der Waals surface area contributed by atoms with Gasteiger partial charge in [0.15, 0.2) is 0 Å². The standard InChI is InChI=1S/C7H9N2O3/c1-3-4-8-9-6(10)5(2)7(11)12/h3-4,8H,1-2H2,(H,9,10)(H,11,12). The van der Waals surface area contributed by atoms with Gasteiger partial charge in [-0.15, -0.1) is 6.58 Å². The number of carboxylic acids is 1. The summed E-state index contributed by atoms with van der Waals surface area (Å²) in [4.78, 5) is 20.9. The lowest BCUT2D eigenvalue weighted by atomic mass is 10.3. The molecule has 0 rings (SSSR count). The van der Waals surface area contributed by atoms with E-state index in [0.29, 0.717) is 0 Å². The molecular weight excluding hydrogens is 160 g/mol. The first-order chi connectivity index (χ1) is 5.59. The number of nitrogens with one attached hydrogen (secondary N) is 2. The normalized spacial score (nSPS) is 8.67. The second-order valence-electron chi connectivity index (χ2n) is 1.78. The zero-order valence-corrected chi connectivity index (χ0v) is 6.33. The molecule has 65 valence electrons. The highest BCUT2D eigenvalue weighted by Gasteiger charge is 2.12. The molecule has 0 aliphatic heterocycles. The molecule has 0 bridgehead atoms. The number of carbonyl (C=O) groups is 2. The van der Waals surface area contributed by atoms with Gasteiger partial charge in [-0.25, -0.2) is 10.2 Å². The number of hydrogen-bond acceptors (Lipinski definition) is 3. The van der Waals surface area contributed by atoms with E-state index in [1.165, 1.54) is 12.6 Å². The molecule has 5 nitrogen and oxygen atoms in total. The van der Waals surface area contributed by atoms with Gasteiger partial charge in [0.1, 0.15) is 5.57 Å². The maximum Gasteiger partial charge on any atom is 0.340 e. The molecule has 0 fully saturated rings. The average Bonchev–Trinajstić information content (AvgIpc) is 2.03. The van der Waals surface area contributed by atoms with Gasteiger partial charge >= 0.3 is 5.97 Å². The van der Waals surface area contributed by atoms with E-state index in [-0.39, 0.29) is 0 Å². The lowest BCUT2D eigenvalue weighted by Gasteiger charge is -2.02. The number of carbonyl (C=O) groups excluding carboxylic acids is 1. The SMILES string of the molecule is C=C[CH]NNC(=O)C(=C)C(=O)O. The highest BCUT2D eigenvalue weighted by atomic mass is 16.4. The van der Waals surface area contributed by atoms with E-state index >= 15 is 0 Å². The lowest BCUT2D eigenvalue weighted by molar-refractivity contribution is -0.135. The number of rotatable bonds is 5. The van der Waals surface area contributed by atoms with Crippen molar-refractivity contribution in [1.82, 2.24) is 10.9 Å². The molecule has 3 N–H and O–H groups in total. The van der Waals surface area contributed by atoms with Crippen molar-refractivity contribution >= 4 is 11.9 Å². The van der Waals surface area contributed by atoms with Gasteiger partial charge in [-0.1, -0.05) is 12.7 Å². The molecule has 0 saturated carbocycles. The zero-order valence-electron chi connectivity index (χ0n) is 6.33. The molecule has 0 heterocycles. The zero-order chi connectivity index (χ0) is 9.56. The molecule has 12 heavy (non-hydrogen) atoms. The van der Waals surface area contributed by atoms with Crippen LogP contribution in [-0.4, -0.2) is 17.0 Å². The van der Waals surface area contributed by atoms with Crippen LogP contribution in [0.5, 0.6) is 0 Å². The van der Waals surface area contributed by atoms with Gasteiger partial charge in [0.05, 0.1) is 6.54 Å². The number of amides is 1. The second-order valence-corrected chi connectivity index (χ2v) is 1.78. The average molecular weight is 169 g/mol. The molecule has 0 aliphatic carbocycles. The van der Waals surface area contributed by atoms with E-state index in [1.54, 1.807) is 0 Å². The predicted molar refractivity (Wildman–Crippen MR) is 42.6 cm³/mol. The highest BCUT2D eigenvalue weighted by Crippen LogP contribution is 1.87. The third kappa shape index (κ3) is 3.52. The van der Waals surface area contributed by atoms with Crippen LogP contribution in [0.4, 0.5) is 0 Å². The van der Waals surface area contributed by atoms with Crippen LogP contribution >= 0.6 is 0 Å². The summed E-state index contributed by atoms with van der Waals surface area (Å²) in [6.45, 7) is 7.71. The van der Waals surface area contributed by atoms with Crippen molar-refractivity contribution in [2.24, 2.45) is 0 Å². The number of aliphatic carboxylic acids is 1. The summed E-state index contributed by atoms with van der Waals surface area (Å²) >= 11 is 0. The second kappa shape index (κ2) is 5.09. The fourth-order valence-corrected chi connectivity index (χ4v) is 0.339. The van der Waals surface area contributed by atoms with Gasteiger partial charge in [0.2, 0.25) is 0 Å². The van der Waals surface area contributed by atoms with Gasteiger partial charge < -0.3 is 5.11 Å². The number of hydrogen-bond donors (Lipinski definition) is 3. The smallest absolute Gasteiger partial charge is 0.340 e. The van der Waals surface area contributed by atoms with Crippen molar-refractivity contribution in [2.45, 2.75) is 0 Å². The molecule has 0 unspecified atom stereocenters. The summed E-state index contributed by atoms with van der Waals surface area (Å²) in [6, 6.07) is 0. The Morgan fingerprint density at radius 3 is 2.42 bits per heavy atom. The monoisotopic (exact) mass is 169 g/mol. The quantitative estimate of drug-likeness (QED) is 0.172. The van der Waals surface area contributed by atoms with E-state index in [2.05, 4.69) is 24.0 Å². The molecule has 5 heteroatoms. The van der Waals surface area contributed by atoms with Gasteiger partial charge in [-0.2, -0.15) is 0 Å². The molecule has 0 atom stereocenters. The van der Waals surface area contributed by atoms with Crippen LogP contribution in [0.2, 0.25) is 0 Å². The minimum Gasteiger partial charge on any atom is -0.478 e. The van der Waals surface area contributed by atoms with Gasteiger partial charge in [0.25, 0.3) is 5.91 Å². The van der Waals surface area contributed by atoms with Crippen molar-refractivity contribution < 1.29 is 14.7 Å².